The first kappa shape index (κ1) is 44.6. The molecule has 2 saturated carbocycles. The van der Waals surface area contributed by atoms with Crippen molar-refractivity contribution >= 4 is 35.6 Å². The summed E-state index contributed by atoms with van der Waals surface area (Å²) < 4.78 is 30.9. The minimum absolute atomic E-state index is 0.000437. The van der Waals surface area contributed by atoms with Gasteiger partial charge in [-0.15, -0.1) is 0 Å². The molecule has 0 aromatic heterocycles. The van der Waals surface area contributed by atoms with Crippen LogP contribution < -0.4 is 5.32 Å². The van der Waals surface area contributed by atoms with Gasteiger partial charge in [-0.3, -0.25) is 14.4 Å². The van der Waals surface area contributed by atoms with Crippen LogP contribution in [-0.2, 0) is 49.3 Å². The van der Waals surface area contributed by atoms with Crippen molar-refractivity contribution in [2.75, 3.05) is 6.61 Å². The number of esters is 4. The Bertz CT molecular complexity index is 2450. The quantitative estimate of drug-likeness (QED) is 0.163. The number of hydrogen-bond donors (Lipinski definition) is 4. The largest absolute Gasteiger partial charge is 0.456 e. The highest BCUT2D eigenvalue weighted by atomic mass is 16.6. The molecule has 0 radical (unpaired) electrons. The minimum Gasteiger partial charge on any atom is -0.456 e. The molecule has 3 fully saturated rings. The number of benzene rings is 3. The van der Waals surface area contributed by atoms with Gasteiger partial charge in [-0.25, -0.2) is 14.4 Å². The van der Waals surface area contributed by atoms with Crippen LogP contribution in [0.4, 0.5) is 0 Å². The van der Waals surface area contributed by atoms with Crippen LogP contribution in [0.1, 0.15) is 85.3 Å². The van der Waals surface area contributed by atoms with E-state index in [9.17, 15) is 39.3 Å². The third kappa shape index (κ3) is 7.14. The first-order valence-electron chi connectivity index (χ1n) is 21.3. The first-order chi connectivity index (χ1) is 30.3. The Kier molecular flexibility index (Phi) is 11.5. The van der Waals surface area contributed by atoms with Crippen LogP contribution >= 0.6 is 0 Å². The molecule has 336 valence electrons. The summed E-state index contributed by atoms with van der Waals surface area (Å²) >= 11 is 0. The summed E-state index contributed by atoms with van der Waals surface area (Å²) in [6, 6.07) is 21.3. The highest BCUT2D eigenvalue weighted by Crippen LogP contribution is 2.64. The van der Waals surface area contributed by atoms with Crippen LogP contribution in [-0.4, -0.2) is 105 Å². The maximum absolute atomic E-state index is 15.6. The van der Waals surface area contributed by atoms with Gasteiger partial charge < -0.3 is 44.3 Å². The number of ether oxygens (including phenoxy) is 5. The summed E-state index contributed by atoms with van der Waals surface area (Å²) in [5, 5.41) is 40.8. The standard InChI is InChI=1S/C49H51NO14/c1-26-32-24-49(59)42(63-44(57)30-18-10-7-11-19-30)40-47(5,41(55)39(61-27(2)51)36(26)46(49,3)4)33(52)23-34-48(40,25-60-34)64-35(53)22-14-20-28-15-12-13-21-31(28)37(38(54)45(58)62-32)50-43(56)29-16-8-6-9-17-29/h6-19,21-22,32-34,37-40,42,52,54,59H,20,23-25H2,1-5H3,(H,50,56)/b22-14-/t32-,33-,34+,37-,38+,39+,40?,42-,47+,48-,49+/m0/s1. The molecule has 1 spiro atoms. The van der Waals surface area contributed by atoms with Crippen LogP contribution in [0.2, 0.25) is 0 Å². The summed E-state index contributed by atoms with van der Waals surface area (Å²) in [4.78, 5) is 85.5. The van der Waals surface area contributed by atoms with E-state index in [0.29, 0.717) is 11.1 Å². The van der Waals surface area contributed by atoms with Gasteiger partial charge in [-0.05, 0) is 66.8 Å². The van der Waals surface area contributed by atoms with Gasteiger partial charge in [-0.2, -0.15) is 0 Å². The lowest BCUT2D eigenvalue weighted by Gasteiger charge is -2.67. The fourth-order valence-corrected chi connectivity index (χ4v) is 10.8. The number of aliphatic hydroxyl groups excluding tert-OH is 2. The van der Waals surface area contributed by atoms with Crippen LogP contribution in [0.5, 0.6) is 0 Å². The third-order valence-corrected chi connectivity index (χ3v) is 14.3. The number of carbonyl (C=O) groups is 6. The van der Waals surface area contributed by atoms with Gasteiger partial charge in [0.25, 0.3) is 5.91 Å². The van der Waals surface area contributed by atoms with Gasteiger partial charge in [0.1, 0.15) is 23.9 Å². The van der Waals surface area contributed by atoms with E-state index < -0.39 is 113 Å². The fourth-order valence-electron chi connectivity index (χ4n) is 10.8. The van der Waals surface area contributed by atoms with Crippen molar-refractivity contribution in [3.63, 3.8) is 0 Å². The molecule has 15 nitrogen and oxygen atoms in total. The molecule has 15 heteroatoms. The summed E-state index contributed by atoms with van der Waals surface area (Å²) in [5.74, 6) is -7.02. The number of nitrogens with one attached hydrogen (secondary N) is 1. The molecule has 1 amide bonds. The van der Waals surface area contributed by atoms with E-state index in [0.717, 1.165) is 13.0 Å². The lowest BCUT2D eigenvalue weighted by atomic mass is 9.44. The van der Waals surface area contributed by atoms with E-state index in [4.69, 9.17) is 23.7 Å². The number of ketones is 1. The van der Waals surface area contributed by atoms with E-state index in [1.54, 1.807) is 86.6 Å². The number of allylic oxidation sites excluding steroid dienone is 1. The zero-order chi connectivity index (χ0) is 45.9. The number of fused-ring (bicyclic) bond motifs is 3. The topological polar surface area (TPSA) is 221 Å². The molecular weight excluding hydrogens is 827 g/mol. The van der Waals surface area contributed by atoms with Crippen molar-refractivity contribution < 1.29 is 67.8 Å². The van der Waals surface area contributed by atoms with Gasteiger partial charge in [0, 0.05) is 36.8 Å². The van der Waals surface area contributed by atoms with Gasteiger partial charge in [0.15, 0.2) is 23.6 Å². The van der Waals surface area contributed by atoms with E-state index in [1.165, 1.54) is 32.1 Å². The van der Waals surface area contributed by atoms with Crippen LogP contribution in [0.15, 0.2) is 108 Å². The van der Waals surface area contributed by atoms with Crippen molar-refractivity contribution in [3.8, 4) is 0 Å². The Balaban J connectivity index is 1.37. The SMILES string of the molecule is CC(=O)O[C@H]1C(=O)[C@@]2(C)C3[C@H](OC(=O)c4ccccc4)[C@]4(O)C[C@H](OC(=O)[C@H](O)[C@@H](NC(=O)c5ccccc5)c5ccccc5C/C=C\C(=O)O[C@]35CO[C@@H]5C[C@@H]2O)C(C)=C1C4(C)C. The molecule has 1 saturated heterocycles. The van der Waals surface area contributed by atoms with Crippen molar-refractivity contribution in [2.24, 2.45) is 16.7 Å². The molecule has 5 aliphatic rings. The van der Waals surface area contributed by atoms with Crippen molar-refractivity contribution in [1.82, 2.24) is 5.32 Å². The van der Waals surface area contributed by atoms with Crippen molar-refractivity contribution in [1.29, 1.82) is 0 Å². The summed E-state index contributed by atoms with van der Waals surface area (Å²) in [5.41, 5.74) is -6.68. The molecule has 2 aliphatic heterocycles. The summed E-state index contributed by atoms with van der Waals surface area (Å²) in [7, 11) is 0. The molecule has 3 aromatic carbocycles. The maximum atomic E-state index is 15.6. The second-order valence-electron chi connectivity index (χ2n) is 18.1. The van der Waals surface area contributed by atoms with Crippen molar-refractivity contribution in [2.45, 2.75) is 108 Å². The predicted octanol–water partition coefficient (Wildman–Crippen LogP) is 3.83. The lowest BCUT2D eigenvalue weighted by Crippen LogP contribution is -2.82. The molecule has 4 N–H and O–H groups in total. The highest BCUT2D eigenvalue weighted by molar-refractivity contribution is 5.96. The van der Waals surface area contributed by atoms with E-state index in [-0.39, 0.29) is 41.7 Å². The average Bonchev–Trinajstić information content (AvgIpc) is 3.26. The monoisotopic (exact) mass is 877 g/mol. The van der Waals surface area contributed by atoms with Crippen LogP contribution in [0.3, 0.4) is 0 Å². The molecule has 64 heavy (non-hydrogen) atoms. The van der Waals surface area contributed by atoms with Gasteiger partial charge in [0.05, 0.1) is 35.6 Å². The fraction of sp³-hybridized carbons (Fsp3) is 0.429. The van der Waals surface area contributed by atoms with Crippen LogP contribution in [0, 0.1) is 16.7 Å². The molecule has 2 heterocycles. The van der Waals surface area contributed by atoms with E-state index >= 15 is 4.79 Å². The second kappa shape index (κ2) is 16.5. The Labute approximate surface area is 369 Å². The summed E-state index contributed by atoms with van der Waals surface area (Å²) in [6.45, 7) is 6.83. The van der Waals surface area contributed by atoms with E-state index in [2.05, 4.69) is 5.32 Å². The van der Waals surface area contributed by atoms with Gasteiger partial charge >= 0.3 is 23.9 Å². The maximum Gasteiger partial charge on any atom is 0.338 e. The minimum atomic E-state index is -2.40. The molecule has 3 aromatic rings. The van der Waals surface area contributed by atoms with Crippen LogP contribution in [0.25, 0.3) is 0 Å². The lowest BCUT2D eigenvalue weighted by molar-refractivity contribution is -0.345. The Hall–Kier alpha value is -6.00. The Morgan fingerprint density at radius 2 is 1.50 bits per heavy atom. The smallest absolute Gasteiger partial charge is 0.338 e. The number of aliphatic hydroxyl groups is 3. The number of amides is 1. The predicted molar refractivity (Wildman–Crippen MR) is 225 cm³/mol. The highest BCUT2D eigenvalue weighted by Gasteiger charge is 2.78. The Morgan fingerprint density at radius 3 is 2.14 bits per heavy atom. The number of hydrogen-bond acceptors (Lipinski definition) is 14. The molecule has 8 rings (SSSR count). The number of Topliss-reactive ketones (excluding diaryl/α,β-unsaturated/α-hetero) is 1. The molecular formula is C49H51NO14. The second-order valence-corrected chi connectivity index (χ2v) is 18.1. The Morgan fingerprint density at radius 1 is 0.859 bits per heavy atom. The third-order valence-electron chi connectivity index (χ3n) is 14.3. The molecule has 3 aliphatic carbocycles. The zero-order valence-corrected chi connectivity index (χ0v) is 36.0. The van der Waals surface area contributed by atoms with E-state index in [1.807, 2.05) is 0 Å². The first-order valence-corrected chi connectivity index (χ1v) is 21.3. The molecule has 1 unspecified atom stereocenters. The number of carbonyl (C=O) groups excluding carboxylic acids is 6. The average molecular weight is 878 g/mol. The van der Waals surface area contributed by atoms with Gasteiger partial charge in [0.2, 0.25) is 0 Å². The molecule has 4 bridgehead atoms. The van der Waals surface area contributed by atoms with Crippen molar-refractivity contribution in [3.05, 3.63) is 130 Å². The molecule has 11 atom stereocenters. The normalized spacial score (nSPS) is 34.8. The zero-order valence-electron chi connectivity index (χ0n) is 36.0. The summed E-state index contributed by atoms with van der Waals surface area (Å²) in [6.07, 6.45) is -8.00. The van der Waals surface area contributed by atoms with Gasteiger partial charge in [-0.1, -0.05) is 80.6 Å². The number of rotatable bonds is 5.